The molecule has 3 aromatic rings. The Morgan fingerprint density at radius 1 is 1.04 bits per heavy atom. The molecule has 1 N–H and O–H groups in total. The lowest BCUT2D eigenvalue weighted by molar-refractivity contribution is 0.198. The summed E-state index contributed by atoms with van der Waals surface area (Å²) < 4.78 is 5.39. The molecule has 24 heavy (non-hydrogen) atoms. The standard InChI is InChI=1S/C19H21N3O2/c1-15(23)13-22(17-10-6-3-7-11-17)14-19-20-18(21-24-19)12-16-8-4-2-5-9-16/h2-11,15,23H,12-14H2,1H3. The number of aromatic nitrogens is 2. The van der Waals surface area contributed by atoms with E-state index in [0.29, 0.717) is 31.2 Å². The SMILES string of the molecule is CC(O)CN(Cc1nc(Cc2ccccc2)no1)c1ccccc1. The summed E-state index contributed by atoms with van der Waals surface area (Å²) in [6.45, 7) is 2.74. The maximum Gasteiger partial charge on any atom is 0.246 e. The van der Waals surface area contributed by atoms with Gasteiger partial charge in [0.2, 0.25) is 5.89 Å². The highest BCUT2D eigenvalue weighted by atomic mass is 16.5. The average Bonchev–Trinajstić information content (AvgIpc) is 3.02. The van der Waals surface area contributed by atoms with Crippen molar-refractivity contribution in [1.29, 1.82) is 0 Å². The van der Waals surface area contributed by atoms with Crippen LogP contribution in [-0.4, -0.2) is 27.9 Å². The number of aliphatic hydroxyl groups is 1. The van der Waals surface area contributed by atoms with Gasteiger partial charge in [-0.3, -0.25) is 0 Å². The third-order valence-corrected chi connectivity index (χ3v) is 3.65. The number of rotatable bonds is 7. The van der Waals surface area contributed by atoms with Crippen LogP contribution in [0.3, 0.4) is 0 Å². The first-order valence-electron chi connectivity index (χ1n) is 8.04. The van der Waals surface area contributed by atoms with Crippen LogP contribution in [0.4, 0.5) is 5.69 Å². The zero-order valence-corrected chi connectivity index (χ0v) is 13.7. The zero-order valence-electron chi connectivity index (χ0n) is 13.7. The van der Waals surface area contributed by atoms with Gasteiger partial charge < -0.3 is 14.5 Å². The first-order valence-corrected chi connectivity index (χ1v) is 8.04. The van der Waals surface area contributed by atoms with Gasteiger partial charge in [-0.25, -0.2) is 0 Å². The van der Waals surface area contributed by atoms with Gasteiger partial charge in [-0.2, -0.15) is 4.98 Å². The largest absolute Gasteiger partial charge is 0.392 e. The van der Waals surface area contributed by atoms with Crippen LogP contribution >= 0.6 is 0 Å². The second kappa shape index (κ2) is 7.75. The lowest BCUT2D eigenvalue weighted by atomic mass is 10.1. The van der Waals surface area contributed by atoms with Crippen molar-refractivity contribution in [3.8, 4) is 0 Å². The molecule has 0 fully saturated rings. The van der Waals surface area contributed by atoms with E-state index in [-0.39, 0.29) is 0 Å². The number of hydrogen-bond donors (Lipinski definition) is 1. The Balaban J connectivity index is 1.71. The Bertz CT molecular complexity index is 742. The molecule has 2 aromatic carbocycles. The van der Waals surface area contributed by atoms with Gasteiger partial charge in [-0.15, -0.1) is 0 Å². The fraction of sp³-hybridized carbons (Fsp3) is 0.263. The van der Waals surface area contributed by atoms with E-state index >= 15 is 0 Å². The van der Waals surface area contributed by atoms with E-state index in [1.807, 2.05) is 65.6 Å². The summed E-state index contributed by atoms with van der Waals surface area (Å²) in [5.74, 6) is 1.21. The lowest BCUT2D eigenvalue weighted by Gasteiger charge is -2.24. The molecule has 3 rings (SSSR count). The van der Waals surface area contributed by atoms with Crippen molar-refractivity contribution < 1.29 is 9.63 Å². The monoisotopic (exact) mass is 323 g/mol. The Kier molecular flexibility index (Phi) is 5.23. The topological polar surface area (TPSA) is 62.4 Å². The molecule has 0 aliphatic heterocycles. The summed E-state index contributed by atoms with van der Waals surface area (Å²) in [5.41, 5.74) is 2.16. The van der Waals surface area contributed by atoms with Crippen molar-refractivity contribution in [2.45, 2.75) is 26.0 Å². The summed E-state index contributed by atoms with van der Waals surface area (Å²) in [7, 11) is 0. The average molecular weight is 323 g/mol. The fourth-order valence-corrected chi connectivity index (χ4v) is 2.59. The second-order valence-electron chi connectivity index (χ2n) is 5.83. The van der Waals surface area contributed by atoms with Gasteiger partial charge in [0.25, 0.3) is 0 Å². The fourth-order valence-electron chi connectivity index (χ4n) is 2.59. The Morgan fingerprint density at radius 2 is 1.71 bits per heavy atom. The molecule has 1 unspecified atom stereocenters. The molecule has 0 amide bonds. The summed E-state index contributed by atoms with van der Waals surface area (Å²) in [6.07, 6.45) is 0.198. The summed E-state index contributed by atoms with van der Waals surface area (Å²) in [5, 5.41) is 13.8. The highest BCUT2D eigenvalue weighted by molar-refractivity contribution is 5.46. The molecule has 0 aliphatic carbocycles. The van der Waals surface area contributed by atoms with Crippen LogP contribution in [0.25, 0.3) is 0 Å². The molecule has 5 heteroatoms. The Morgan fingerprint density at radius 3 is 2.38 bits per heavy atom. The molecule has 0 spiro atoms. The molecule has 0 saturated heterocycles. The number of hydrogen-bond acceptors (Lipinski definition) is 5. The van der Waals surface area contributed by atoms with Crippen molar-refractivity contribution >= 4 is 5.69 Å². The van der Waals surface area contributed by atoms with Gasteiger partial charge in [0.15, 0.2) is 5.82 Å². The second-order valence-corrected chi connectivity index (χ2v) is 5.83. The Hall–Kier alpha value is -2.66. The molecule has 1 atom stereocenters. The summed E-state index contributed by atoms with van der Waals surface area (Å²) in [4.78, 5) is 6.51. The van der Waals surface area contributed by atoms with E-state index < -0.39 is 6.10 Å². The minimum Gasteiger partial charge on any atom is -0.392 e. The number of benzene rings is 2. The predicted octanol–water partition coefficient (Wildman–Crippen LogP) is 3.05. The van der Waals surface area contributed by atoms with Crippen molar-refractivity contribution in [2.75, 3.05) is 11.4 Å². The van der Waals surface area contributed by atoms with Crippen LogP contribution in [0.15, 0.2) is 65.2 Å². The smallest absolute Gasteiger partial charge is 0.246 e. The van der Waals surface area contributed by atoms with Gasteiger partial charge in [0.1, 0.15) is 0 Å². The first-order chi connectivity index (χ1) is 11.7. The van der Waals surface area contributed by atoms with Crippen molar-refractivity contribution in [2.24, 2.45) is 0 Å². The number of aliphatic hydroxyl groups excluding tert-OH is 1. The third-order valence-electron chi connectivity index (χ3n) is 3.65. The van der Waals surface area contributed by atoms with Crippen LogP contribution in [0, 0.1) is 0 Å². The van der Waals surface area contributed by atoms with E-state index in [2.05, 4.69) is 10.1 Å². The minimum absolute atomic E-state index is 0.447. The Labute approximate surface area is 141 Å². The van der Waals surface area contributed by atoms with Crippen LogP contribution in [0.2, 0.25) is 0 Å². The van der Waals surface area contributed by atoms with Gasteiger partial charge in [0.05, 0.1) is 12.6 Å². The number of anilines is 1. The van der Waals surface area contributed by atoms with Crippen molar-refractivity contribution in [3.63, 3.8) is 0 Å². The summed E-state index contributed by atoms with van der Waals surface area (Å²) >= 11 is 0. The van der Waals surface area contributed by atoms with Gasteiger partial charge in [0, 0.05) is 18.7 Å². The highest BCUT2D eigenvalue weighted by Crippen LogP contribution is 2.17. The predicted molar refractivity (Wildman–Crippen MR) is 92.7 cm³/mol. The lowest BCUT2D eigenvalue weighted by Crippen LogP contribution is -2.30. The van der Waals surface area contributed by atoms with Crippen LogP contribution < -0.4 is 4.90 Å². The normalized spacial score (nSPS) is 12.1. The maximum absolute atomic E-state index is 9.75. The number of para-hydroxylation sites is 1. The molecule has 0 bridgehead atoms. The third kappa shape index (κ3) is 4.43. The van der Waals surface area contributed by atoms with Crippen LogP contribution in [0.5, 0.6) is 0 Å². The molecular weight excluding hydrogens is 302 g/mol. The highest BCUT2D eigenvalue weighted by Gasteiger charge is 2.14. The molecule has 0 saturated carbocycles. The quantitative estimate of drug-likeness (QED) is 0.724. The van der Waals surface area contributed by atoms with Crippen molar-refractivity contribution in [1.82, 2.24) is 10.1 Å². The van der Waals surface area contributed by atoms with Gasteiger partial charge >= 0.3 is 0 Å². The molecule has 1 heterocycles. The van der Waals surface area contributed by atoms with E-state index in [1.165, 1.54) is 0 Å². The number of nitrogens with zero attached hydrogens (tertiary/aromatic N) is 3. The van der Waals surface area contributed by atoms with E-state index in [9.17, 15) is 5.11 Å². The molecular formula is C19H21N3O2. The summed E-state index contributed by atoms with van der Waals surface area (Å²) in [6, 6.07) is 20.0. The minimum atomic E-state index is -0.447. The van der Waals surface area contributed by atoms with E-state index in [0.717, 1.165) is 11.3 Å². The molecule has 5 nitrogen and oxygen atoms in total. The zero-order chi connectivity index (χ0) is 16.8. The molecule has 0 aliphatic rings. The molecule has 0 radical (unpaired) electrons. The van der Waals surface area contributed by atoms with E-state index in [1.54, 1.807) is 6.92 Å². The van der Waals surface area contributed by atoms with Crippen LogP contribution in [-0.2, 0) is 13.0 Å². The maximum atomic E-state index is 9.75. The first kappa shape index (κ1) is 16.2. The van der Waals surface area contributed by atoms with Gasteiger partial charge in [-0.05, 0) is 24.6 Å². The van der Waals surface area contributed by atoms with Gasteiger partial charge in [-0.1, -0.05) is 53.7 Å². The molecule has 1 aromatic heterocycles. The van der Waals surface area contributed by atoms with Crippen LogP contribution in [0.1, 0.15) is 24.2 Å². The van der Waals surface area contributed by atoms with Crippen molar-refractivity contribution in [3.05, 3.63) is 77.9 Å². The molecule has 124 valence electrons. The van der Waals surface area contributed by atoms with E-state index in [4.69, 9.17) is 4.52 Å².